The highest BCUT2D eigenvalue weighted by molar-refractivity contribution is 5.76. The van der Waals surface area contributed by atoms with E-state index >= 15 is 0 Å². The van der Waals surface area contributed by atoms with Gasteiger partial charge in [0.1, 0.15) is 0 Å². The molecular weight excluding hydrogens is 324 g/mol. The summed E-state index contributed by atoms with van der Waals surface area (Å²) in [7, 11) is 0. The van der Waals surface area contributed by atoms with Crippen molar-refractivity contribution in [1.29, 1.82) is 0 Å². The van der Waals surface area contributed by atoms with Gasteiger partial charge in [-0.1, -0.05) is 31.0 Å². The van der Waals surface area contributed by atoms with E-state index < -0.39 is 0 Å². The molecule has 0 atom stereocenters. The van der Waals surface area contributed by atoms with E-state index in [1.807, 2.05) is 52.3 Å². The maximum absolute atomic E-state index is 12.6. The van der Waals surface area contributed by atoms with Gasteiger partial charge in [-0.3, -0.25) is 9.69 Å². The number of hydrogen-bond acceptors (Lipinski definition) is 3. The molecule has 26 heavy (non-hydrogen) atoms. The third-order valence-corrected chi connectivity index (χ3v) is 5.79. The summed E-state index contributed by atoms with van der Waals surface area (Å²) in [5.74, 6) is 0.281. The Labute approximate surface area is 155 Å². The summed E-state index contributed by atoms with van der Waals surface area (Å²) in [4.78, 5) is 17.2. The van der Waals surface area contributed by atoms with Crippen molar-refractivity contribution in [3.63, 3.8) is 0 Å². The van der Waals surface area contributed by atoms with Gasteiger partial charge in [0.25, 0.3) is 0 Å². The van der Waals surface area contributed by atoms with Crippen LogP contribution in [-0.2, 0) is 11.2 Å². The lowest BCUT2D eigenvalue weighted by Gasteiger charge is -2.38. The molecule has 2 fully saturated rings. The molecule has 1 aromatic heterocycles. The molecule has 0 bridgehead atoms. The number of carbonyl (C=O) groups is 1. The minimum absolute atomic E-state index is 0.281. The van der Waals surface area contributed by atoms with E-state index in [-0.39, 0.29) is 5.91 Å². The Morgan fingerprint density at radius 1 is 1.04 bits per heavy atom. The summed E-state index contributed by atoms with van der Waals surface area (Å²) < 4.78 is 1.88. The molecule has 1 aliphatic heterocycles. The standard InChI is InChI=1S/C21H28N4O/c26-21(24-14-12-23(13-15-24)19-6-4-5-7-19)11-10-18-16-22-25(17-18)20-8-2-1-3-9-20/h1-3,8-9,16-17,19H,4-7,10-15H2. The summed E-state index contributed by atoms with van der Waals surface area (Å²) in [6.07, 6.45) is 10.7. The second kappa shape index (κ2) is 8.04. The van der Waals surface area contributed by atoms with Crippen LogP contribution in [0.25, 0.3) is 5.69 Å². The number of benzene rings is 1. The molecular formula is C21H28N4O. The monoisotopic (exact) mass is 352 g/mol. The van der Waals surface area contributed by atoms with Crippen LogP contribution >= 0.6 is 0 Å². The average Bonchev–Trinajstić information content (AvgIpc) is 3.39. The van der Waals surface area contributed by atoms with E-state index in [1.54, 1.807) is 0 Å². The lowest BCUT2D eigenvalue weighted by atomic mass is 10.1. The fourth-order valence-electron chi connectivity index (χ4n) is 4.23. The summed E-state index contributed by atoms with van der Waals surface area (Å²) in [5.41, 5.74) is 2.17. The van der Waals surface area contributed by atoms with Crippen LogP contribution in [0, 0.1) is 0 Å². The number of nitrogens with zero attached hydrogens (tertiary/aromatic N) is 4. The highest BCUT2D eigenvalue weighted by atomic mass is 16.2. The molecule has 2 aliphatic rings. The van der Waals surface area contributed by atoms with E-state index in [2.05, 4.69) is 10.00 Å². The van der Waals surface area contributed by atoms with Crippen LogP contribution in [-0.4, -0.2) is 57.7 Å². The molecule has 1 saturated heterocycles. The molecule has 5 heteroatoms. The lowest BCUT2D eigenvalue weighted by molar-refractivity contribution is -0.133. The van der Waals surface area contributed by atoms with Gasteiger partial charge in [-0.05, 0) is 37.0 Å². The molecule has 2 aromatic rings. The Bertz CT molecular complexity index is 713. The van der Waals surface area contributed by atoms with Gasteiger partial charge in [-0.25, -0.2) is 4.68 Å². The Kier molecular flexibility index (Phi) is 5.34. The molecule has 0 radical (unpaired) electrons. The van der Waals surface area contributed by atoms with Crippen molar-refractivity contribution < 1.29 is 4.79 Å². The predicted molar refractivity (Wildman–Crippen MR) is 102 cm³/mol. The van der Waals surface area contributed by atoms with Crippen molar-refractivity contribution in [1.82, 2.24) is 19.6 Å². The van der Waals surface area contributed by atoms with Crippen LogP contribution in [0.3, 0.4) is 0 Å². The van der Waals surface area contributed by atoms with Gasteiger partial charge < -0.3 is 4.90 Å². The van der Waals surface area contributed by atoms with Crippen molar-refractivity contribution in [3.05, 3.63) is 48.3 Å². The van der Waals surface area contributed by atoms with Gasteiger partial charge in [0.05, 0.1) is 11.9 Å². The molecule has 0 N–H and O–H groups in total. The lowest BCUT2D eigenvalue weighted by Crippen LogP contribution is -2.51. The van der Waals surface area contributed by atoms with Gasteiger partial charge in [0.2, 0.25) is 5.91 Å². The molecule has 1 aliphatic carbocycles. The second-order valence-electron chi connectivity index (χ2n) is 7.48. The van der Waals surface area contributed by atoms with Crippen molar-refractivity contribution in [3.8, 4) is 5.69 Å². The number of aryl methyl sites for hydroxylation is 1. The van der Waals surface area contributed by atoms with Crippen molar-refractivity contribution in [2.45, 2.75) is 44.6 Å². The van der Waals surface area contributed by atoms with Gasteiger partial charge in [0, 0.05) is 44.8 Å². The zero-order valence-corrected chi connectivity index (χ0v) is 15.4. The SMILES string of the molecule is O=C(CCc1cnn(-c2ccccc2)c1)N1CCN(C2CCCC2)CC1. The van der Waals surface area contributed by atoms with E-state index in [0.29, 0.717) is 6.42 Å². The summed E-state index contributed by atoms with van der Waals surface area (Å²) in [6.45, 7) is 3.86. The van der Waals surface area contributed by atoms with Crippen LogP contribution < -0.4 is 0 Å². The first kappa shape index (κ1) is 17.3. The summed E-state index contributed by atoms with van der Waals surface area (Å²) >= 11 is 0. The van der Waals surface area contributed by atoms with E-state index in [9.17, 15) is 4.79 Å². The summed E-state index contributed by atoms with van der Waals surface area (Å²) in [6, 6.07) is 10.9. The second-order valence-corrected chi connectivity index (χ2v) is 7.48. The van der Waals surface area contributed by atoms with Crippen molar-refractivity contribution in [2.24, 2.45) is 0 Å². The molecule has 0 spiro atoms. The van der Waals surface area contributed by atoms with Gasteiger partial charge in [-0.15, -0.1) is 0 Å². The number of hydrogen-bond donors (Lipinski definition) is 0. The number of carbonyl (C=O) groups excluding carboxylic acids is 1. The van der Waals surface area contributed by atoms with Crippen LogP contribution in [0.15, 0.2) is 42.7 Å². The van der Waals surface area contributed by atoms with E-state index in [0.717, 1.165) is 49.9 Å². The Hall–Kier alpha value is -2.14. The predicted octanol–water partition coefficient (Wildman–Crippen LogP) is 2.89. The summed E-state index contributed by atoms with van der Waals surface area (Å²) in [5, 5.41) is 4.42. The molecule has 1 saturated carbocycles. The van der Waals surface area contributed by atoms with Gasteiger partial charge in [0.15, 0.2) is 0 Å². The number of aromatic nitrogens is 2. The molecule has 138 valence electrons. The van der Waals surface area contributed by atoms with Crippen molar-refractivity contribution in [2.75, 3.05) is 26.2 Å². The molecule has 0 unspecified atom stereocenters. The van der Waals surface area contributed by atoms with E-state index in [1.165, 1.54) is 25.7 Å². The van der Waals surface area contributed by atoms with Crippen LogP contribution in [0.1, 0.15) is 37.7 Å². The minimum Gasteiger partial charge on any atom is -0.340 e. The van der Waals surface area contributed by atoms with Crippen LogP contribution in [0.5, 0.6) is 0 Å². The maximum Gasteiger partial charge on any atom is 0.222 e. The normalized spacial score (nSPS) is 19.2. The first-order valence-corrected chi connectivity index (χ1v) is 9.90. The minimum atomic E-state index is 0.281. The third-order valence-electron chi connectivity index (χ3n) is 5.79. The fourth-order valence-corrected chi connectivity index (χ4v) is 4.23. The topological polar surface area (TPSA) is 41.4 Å². The Morgan fingerprint density at radius 2 is 1.77 bits per heavy atom. The largest absolute Gasteiger partial charge is 0.340 e. The number of amides is 1. The first-order chi connectivity index (χ1) is 12.8. The quantitative estimate of drug-likeness (QED) is 0.831. The van der Waals surface area contributed by atoms with Gasteiger partial charge in [-0.2, -0.15) is 5.10 Å². The Morgan fingerprint density at radius 3 is 2.50 bits per heavy atom. The molecule has 5 nitrogen and oxygen atoms in total. The number of para-hydroxylation sites is 1. The maximum atomic E-state index is 12.6. The highest BCUT2D eigenvalue weighted by Gasteiger charge is 2.27. The molecule has 1 aromatic carbocycles. The zero-order chi connectivity index (χ0) is 17.8. The number of piperazine rings is 1. The Balaban J connectivity index is 1.25. The van der Waals surface area contributed by atoms with Crippen LogP contribution in [0.2, 0.25) is 0 Å². The molecule has 4 rings (SSSR count). The zero-order valence-electron chi connectivity index (χ0n) is 15.4. The smallest absolute Gasteiger partial charge is 0.222 e. The average molecular weight is 352 g/mol. The van der Waals surface area contributed by atoms with Crippen LogP contribution in [0.4, 0.5) is 0 Å². The molecule has 2 heterocycles. The van der Waals surface area contributed by atoms with E-state index in [4.69, 9.17) is 0 Å². The van der Waals surface area contributed by atoms with Crippen molar-refractivity contribution >= 4 is 5.91 Å². The number of rotatable bonds is 5. The third kappa shape index (κ3) is 3.98. The highest BCUT2D eigenvalue weighted by Crippen LogP contribution is 2.24. The van der Waals surface area contributed by atoms with Gasteiger partial charge >= 0.3 is 0 Å². The first-order valence-electron chi connectivity index (χ1n) is 9.90. The molecule has 1 amide bonds. The fraction of sp³-hybridized carbons (Fsp3) is 0.524.